The second-order valence-electron chi connectivity index (χ2n) is 6.24. The molecule has 2 aromatic rings. The third-order valence-electron chi connectivity index (χ3n) is 4.49. The van der Waals surface area contributed by atoms with Crippen molar-refractivity contribution < 1.29 is 14.0 Å². The van der Waals surface area contributed by atoms with Gasteiger partial charge >= 0.3 is 0 Å². The number of rotatable bonds is 7. The molecule has 7 heteroatoms. The minimum absolute atomic E-state index is 0.0240. The Morgan fingerprint density at radius 3 is 2.58 bits per heavy atom. The van der Waals surface area contributed by atoms with Gasteiger partial charge in [0.05, 0.1) is 18.8 Å². The van der Waals surface area contributed by atoms with Crippen LogP contribution >= 0.6 is 11.6 Å². The van der Waals surface area contributed by atoms with Gasteiger partial charge in [-0.1, -0.05) is 29.8 Å². The molecule has 0 radical (unpaired) electrons. The lowest BCUT2D eigenvalue weighted by Crippen LogP contribution is -2.41. The summed E-state index contributed by atoms with van der Waals surface area (Å²) in [6.45, 7) is 2.32. The van der Waals surface area contributed by atoms with Crippen LogP contribution in [0.1, 0.15) is 35.0 Å². The highest BCUT2D eigenvalue weighted by atomic mass is 35.5. The minimum atomic E-state index is -0.410. The summed E-state index contributed by atoms with van der Waals surface area (Å²) in [6.07, 6.45) is 3.71. The van der Waals surface area contributed by atoms with Gasteiger partial charge in [-0.05, 0) is 49.7 Å². The zero-order valence-electron chi connectivity index (χ0n) is 14.4. The highest BCUT2D eigenvalue weighted by molar-refractivity contribution is 6.31. The van der Waals surface area contributed by atoms with Gasteiger partial charge < -0.3 is 15.1 Å². The average Bonchev–Trinajstić information content (AvgIpc) is 3.35. The second-order valence-corrected chi connectivity index (χ2v) is 6.65. The summed E-state index contributed by atoms with van der Waals surface area (Å²) in [5.74, 6) is -0.475. The van der Waals surface area contributed by atoms with Crippen molar-refractivity contribution in [1.82, 2.24) is 15.5 Å². The molecular weight excluding hydrogens is 354 g/mol. The average molecular weight is 376 g/mol. The third kappa shape index (κ3) is 4.65. The van der Waals surface area contributed by atoms with E-state index >= 15 is 0 Å². The predicted octanol–water partition coefficient (Wildman–Crippen LogP) is 2.62. The molecule has 0 spiro atoms. The van der Waals surface area contributed by atoms with E-state index in [0.29, 0.717) is 11.6 Å². The van der Waals surface area contributed by atoms with Gasteiger partial charge in [0.1, 0.15) is 0 Å². The van der Waals surface area contributed by atoms with Crippen LogP contribution < -0.4 is 10.6 Å². The molecule has 26 heavy (non-hydrogen) atoms. The first kappa shape index (κ1) is 18.5. The molecule has 1 aliphatic heterocycles. The number of benzene rings is 1. The Hall–Kier alpha value is -2.31. The van der Waals surface area contributed by atoms with Crippen molar-refractivity contribution in [2.24, 2.45) is 0 Å². The highest BCUT2D eigenvalue weighted by Crippen LogP contribution is 2.29. The molecule has 1 unspecified atom stereocenters. The Morgan fingerprint density at radius 2 is 1.88 bits per heavy atom. The van der Waals surface area contributed by atoms with Crippen molar-refractivity contribution in [3.8, 4) is 0 Å². The Kier molecular flexibility index (Phi) is 6.30. The van der Waals surface area contributed by atoms with E-state index in [1.54, 1.807) is 12.1 Å². The summed E-state index contributed by atoms with van der Waals surface area (Å²) in [4.78, 5) is 26.3. The summed E-state index contributed by atoms with van der Waals surface area (Å²) in [5, 5.41) is 6.15. The normalized spacial score (nSPS) is 15.6. The van der Waals surface area contributed by atoms with E-state index in [4.69, 9.17) is 16.0 Å². The first-order chi connectivity index (χ1) is 12.6. The molecule has 2 N–H and O–H groups in total. The minimum Gasteiger partial charge on any atom is -0.459 e. The fourth-order valence-corrected chi connectivity index (χ4v) is 3.42. The van der Waals surface area contributed by atoms with Crippen molar-refractivity contribution in [2.75, 3.05) is 26.2 Å². The Morgan fingerprint density at radius 1 is 1.12 bits per heavy atom. The summed E-state index contributed by atoms with van der Waals surface area (Å²) in [5.41, 5.74) is 1.01. The van der Waals surface area contributed by atoms with Crippen LogP contribution in [0.15, 0.2) is 47.1 Å². The lowest BCUT2D eigenvalue weighted by atomic mass is 10.1. The molecule has 1 atom stereocenters. The van der Waals surface area contributed by atoms with Crippen LogP contribution in [-0.4, -0.2) is 42.9 Å². The molecule has 1 aromatic heterocycles. The van der Waals surface area contributed by atoms with Crippen molar-refractivity contribution in [3.05, 3.63) is 59.0 Å². The van der Waals surface area contributed by atoms with E-state index in [1.165, 1.54) is 6.26 Å². The summed E-state index contributed by atoms with van der Waals surface area (Å²) < 4.78 is 5.00. The van der Waals surface area contributed by atoms with Gasteiger partial charge in [-0.2, -0.15) is 0 Å². The molecule has 0 aliphatic carbocycles. The molecule has 0 saturated carbocycles. The molecular formula is C19H22ClN3O3. The topological polar surface area (TPSA) is 74.6 Å². The number of carbonyl (C=O) groups is 2. The number of furan rings is 1. The fourth-order valence-electron chi connectivity index (χ4n) is 3.16. The Bertz CT molecular complexity index is 742. The molecule has 1 saturated heterocycles. The maximum atomic E-state index is 12.1. The zero-order chi connectivity index (χ0) is 18.4. The van der Waals surface area contributed by atoms with Gasteiger partial charge in [0, 0.05) is 11.6 Å². The van der Waals surface area contributed by atoms with Crippen molar-refractivity contribution >= 4 is 23.4 Å². The summed E-state index contributed by atoms with van der Waals surface area (Å²) in [6, 6.07) is 10.9. The van der Waals surface area contributed by atoms with Crippen LogP contribution in [0.3, 0.4) is 0 Å². The molecule has 0 bridgehead atoms. The molecule has 6 nitrogen and oxygen atoms in total. The number of halogens is 1. The number of amides is 2. The lowest BCUT2D eigenvalue weighted by Gasteiger charge is -2.29. The van der Waals surface area contributed by atoms with E-state index in [9.17, 15) is 9.59 Å². The van der Waals surface area contributed by atoms with Crippen LogP contribution in [0, 0.1) is 0 Å². The van der Waals surface area contributed by atoms with Crippen LogP contribution in [0.4, 0.5) is 0 Å². The van der Waals surface area contributed by atoms with Crippen LogP contribution in [-0.2, 0) is 4.79 Å². The molecule has 1 fully saturated rings. The Balaban J connectivity index is 1.56. The number of hydrogen-bond acceptors (Lipinski definition) is 4. The van der Waals surface area contributed by atoms with Crippen molar-refractivity contribution in [1.29, 1.82) is 0 Å². The first-order valence-corrected chi connectivity index (χ1v) is 9.10. The van der Waals surface area contributed by atoms with Gasteiger partial charge in [0.15, 0.2) is 5.76 Å². The molecule has 2 amide bonds. The van der Waals surface area contributed by atoms with Crippen LogP contribution in [0.25, 0.3) is 0 Å². The number of carbonyl (C=O) groups excluding carboxylic acids is 2. The third-order valence-corrected chi connectivity index (χ3v) is 4.84. The highest BCUT2D eigenvalue weighted by Gasteiger charge is 2.25. The SMILES string of the molecule is O=C(CNC(=O)c1ccco1)NCC(c1ccccc1Cl)N1CCCC1. The molecule has 3 rings (SSSR count). The zero-order valence-corrected chi connectivity index (χ0v) is 15.2. The number of likely N-dealkylation sites (tertiary alicyclic amines) is 1. The predicted molar refractivity (Wildman–Crippen MR) is 99.1 cm³/mol. The molecule has 2 heterocycles. The maximum Gasteiger partial charge on any atom is 0.287 e. The van der Waals surface area contributed by atoms with E-state index in [1.807, 2.05) is 24.3 Å². The van der Waals surface area contributed by atoms with Crippen LogP contribution in [0.2, 0.25) is 5.02 Å². The van der Waals surface area contributed by atoms with E-state index in [-0.39, 0.29) is 24.3 Å². The van der Waals surface area contributed by atoms with Gasteiger partial charge in [0.25, 0.3) is 5.91 Å². The number of hydrogen-bond donors (Lipinski definition) is 2. The largest absolute Gasteiger partial charge is 0.459 e. The van der Waals surface area contributed by atoms with Crippen molar-refractivity contribution in [2.45, 2.75) is 18.9 Å². The van der Waals surface area contributed by atoms with Crippen molar-refractivity contribution in [3.63, 3.8) is 0 Å². The molecule has 1 aliphatic rings. The summed E-state index contributed by atoms with van der Waals surface area (Å²) in [7, 11) is 0. The van der Waals surface area contributed by atoms with E-state index in [2.05, 4.69) is 15.5 Å². The monoisotopic (exact) mass is 375 g/mol. The van der Waals surface area contributed by atoms with E-state index in [0.717, 1.165) is 31.5 Å². The smallest absolute Gasteiger partial charge is 0.287 e. The van der Waals surface area contributed by atoms with E-state index < -0.39 is 5.91 Å². The second kappa shape index (κ2) is 8.87. The van der Waals surface area contributed by atoms with Gasteiger partial charge in [-0.15, -0.1) is 0 Å². The number of nitrogens with zero attached hydrogens (tertiary/aromatic N) is 1. The van der Waals surface area contributed by atoms with Gasteiger partial charge in [-0.3, -0.25) is 14.5 Å². The van der Waals surface area contributed by atoms with Crippen LogP contribution in [0.5, 0.6) is 0 Å². The molecule has 138 valence electrons. The van der Waals surface area contributed by atoms with Gasteiger partial charge in [0.2, 0.25) is 5.91 Å². The quantitative estimate of drug-likeness (QED) is 0.780. The fraction of sp³-hybridized carbons (Fsp3) is 0.368. The lowest BCUT2D eigenvalue weighted by molar-refractivity contribution is -0.120. The molecule has 1 aromatic carbocycles. The Labute approximate surface area is 157 Å². The standard InChI is InChI=1S/C19H22ClN3O3/c20-15-7-2-1-6-14(15)16(23-9-3-4-10-23)12-21-18(24)13-22-19(25)17-8-5-11-26-17/h1-2,5-8,11,16H,3-4,9-10,12-13H2,(H,21,24)(H,22,25). The maximum absolute atomic E-state index is 12.1. The number of nitrogens with one attached hydrogen (secondary N) is 2. The first-order valence-electron chi connectivity index (χ1n) is 8.72. The van der Waals surface area contributed by atoms with Gasteiger partial charge in [-0.25, -0.2) is 0 Å². The summed E-state index contributed by atoms with van der Waals surface area (Å²) >= 11 is 6.37.